The fraction of sp³-hybridized carbons (Fsp3) is 0. The summed E-state index contributed by atoms with van der Waals surface area (Å²) in [5, 5.41) is 17.9. The number of carbonyl (C=O) groups is 1. The normalized spacial score (nSPS) is 10.6. The fourth-order valence-corrected chi connectivity index (χ4v) is 2.60. The first-order valence-corrected chi connectivity index (χ1v) is 8.60. The number of carbonyl (C=O) groups excluding carboxylic acids is 1. The molecule has 0 saturated carbocycles. The summed E-state index contributed by atoms with van der Waals surface area (Å²) in [6.07, 6.45) is 1.58. The van der Waals surface area contributed by atoms with Crippen molar-refractivity contribution in [3.05, 3.63) is 99.1 Å². The molecule has 0 fully saturated rings. The minimum absolute atomic E-state index is 0.0106. The standard InChI is InChI=1S/C20H15ClN4O3/c21-19-7-2-1-6-18(19)20(26)23-16-5-3-4-14(12-16)13-22-24-15-8-10-17(11-9-15)25(27)28/h1-13,24H,(H,23,26)/b22-13+. The molecule has 0 aliphatic rings. The monoisotopic (exact) mass is 394 g/mol. The molecule has 1 amide bonds. The van der Waals surface area contributed by atoms with E-state index in [2.05, 4.69) is 15.8 Å². The van der Waals surface area contributed by atoms with Crippen LogP contribution in [0.2, 0.25) is 5.02 Å². The molecule has 0 aromatic heterocycles. The Morgan fingerprint density at radius 1 is 1.00 bits per heavy atom. The van der Waals surface area contributed by atoms with Gasteiger partial charge in [0.15, 0.2) is 0 Å². The van der Waals surface area contributed by atoms with Crippen LogP contribution in [0.15, 0.2) is 77.9 Å². The third-order valence-corrected chi connectivity index (χ3v) is 4.08. The average Bonchev–Trinajstić information content (AvgIpc) is 2.69. The van der Waals surface area contributed by atoms with Crippen LogP contribution in [0.4, 0.5) is 17.1 Å². The number of nitrogens with one attached hydrogen (secondary N) is 2. The van der Waals surface area contributed by atoms with Crippen LogP contribution in [0, 0.1) is 10.1 Å². The van der Waals surface area contributed by atoms with Crippen molar-refractivity contribution in [3.63, 3.8) is 0 Å². The highest BCUT2D eigenvalue weighted by atomic mass is 35.5. The van der Waals surface area contributed by atoms with Crippen LogP contribution < -0.4 is 10.7 Å². The lowest BCUT2D eigenvalue weighted by Gasteiger charge is -2.07. The number of nitro benzene ring substituents is 1. The highest BCUT2D eigenvalue weighted by Gasteiger charge is 2.09. The Balaban J connectivity index is 1.64. The number of amides is 1. The zero-order chi connectivity index (χ0) is 19.9. The largest absolute Gasteiger partial charge is 0.322 e. The Hall–Kier alpha value is -3.71. The SMILES string of the molecule is O=C(Nc1cccc(/C=N/Nc2ccc([N+](=O)[O-])cc2)c1)c1ccccc1Cl. The fourth-order valence-electron chi connectivity index (χ4n) is 2.38. The first-order chi connectivity index (χ1) is 13.5. The summed E-state index contributed by atoms with van der Waals surface area (Å²) in [5.41, 5.74) is 5.17. The van der Waals surface area contributed by atoms with E-state index in [-0.39, 0.29) is 11.6 Å². The minimum atomic E-state index is -0.463. The van der Waals surface area contributed by atoms with E-state index < -0.39 is 4.92 Å². The molecule has 0 aliphatic carbocycles. The van der Waals surface area contributed by atoms with Gasteiger partial charge in [-0.05, 0) is 42.0 Å². The molecule has 0 aliphatic heterocycles. The second kappa shape index (κ2) is 8.79. The van der Waals surface area contributed by atoms with Crippen molar-refractivity contribution in [1.82, 2.24) is 0 Å². The van der Waals surface area contributed by atoms with Gasteiger partial charge in [-0.15, -0.1) is 0 Å². The predicted molar refractivity (Wildman–Crippen MR) is 110 cm³/mol. The predicted octanol–water partition coefficient (Wildman–Crippen LogP) is 4.95. The van der Waals surface area contributed by atoms with Crippen LogP contribution >= 0.6 is 11.6 Å². The van der Waals surface area contributed by atoms with E-state index in [0.29, 0.717) is 22.0 Å². The van der Waals surface area contributed by atoms with Crippen LogP contribution in [0.25, 0.3) is 0 Å². The molecule has 7 nitrogen and oxygen atoms in total. The zero-order valence-electron chi connectivity index (χ0n) is 14.5. The molecular weight excluding hydrogens is 380 g/mol. The Morgan fingerprint density at radius 2 is 1.75 bits per heavy atom. The number of rotatable bonds is 6. The van der Waals surface area contributed by atoms with E-state index >= 15 is 0 Å². The molecule has 0 atom stereocenters. The number of nitro groups is 1. The van der Waals surface area contributed by atoms with Gasteiger partial charge < -0.3 is 5.32 Å². The Bertz CT molecular complexity index is 1040. The van der Waals surface area contributed by atoms with Crippen LogP contribution in [-0.4, -0.2) is 17.0 Å². The maximum absolute atomic E-state index is 12.3. The van der Waals surface area contributed by atoms with Gasteiger partial charge in [0.25, 0.3) is 11.6 Å². The molecule has 0 bridgehead atoms. The van der Waals surface area contributed by atoms with Crippen LogP contribution in [0.1, 0.15) is 15.9 Å². The average molecular weight is 395 g/mol. The lowest BCUT2D eigenvalue weighted by molar-refractivity contribution is -0.384. The van der Waals surface area contributed by atoms with Gasteiger partial charge in [0.2, 0.25) is 0 Å². The van der Waals surface area contributed by atoms with Gasteiger partial charge in [-0.2, -0.15) is 5.10 Å². The van der Waals surface area contributed by atoms with Crippen LogP contribution in [0.3, 0.4) is 0 Å². The Morgan fingerprint density at radius 3 is 2.46 bits per heavy atom. The maximum atomic E-state index is 12.3. The highest BCUT2D eigenvalue weighted by Crippen LogP contribution is 2.18. The van der Waals surface area contributed by atoms with Gasteiger partial charge in [0, 0.05) is 17.8 Å². The van der Waals surface area contributed by atoms with Crippen molar-refractivity contribution in [1.29, 1.82) is 0 Å². The quantitative estimate of drug-likeness (QED) is 0.351. The molecule has 2 N–H and O–H groups in total. The third-order valence-electron chi connectivity index (χ3n) is 3.75. The molecule has 0 heterocycles. The van der Waals surface area contributed by atoms with Gasteiger partial charge in [-0.1, -0.05) is 35.9 Å². The second-order valence-electron chi connectivity index (χ2n) is 5.73. The second-order valence-corrected chi connectivity index (χ2v) is 6.14. The number of hydrazone groups is 1. The molecule has 3 aromatic carbocycles. The molecule has 3 aromatic rings. The lowest BCUT2D eigenvalue weighted by atomic mass is 10.2. The van der Waals surface area contributed by atoms with E-state index in [1.54, 1.807) is 60.8 Å². The van der Waals surface area contributed by atoms with Gasteiger partial charge in [0.05, 0.1) is 27.4 Å². The molecular formula is C20H15ClN4O3. The third kappa shape index (κ3) is 4.93. The van der Waals surface area contributed by atoms with E-state index in [9.17, 15) is 14.9 Å². The van der Waals surface area contributed by atoms with Gasteiger partial charge in [-0.3, -0.25) is 20.3 Å². The minimum Gasteiger partial charge on any atom is -0.322 e. The summed E-state index contributed by atoms with van der Waals surface area (Å²) >= 11 is 6.04. The molecule has 140 valence electrons. The smallest absolute Gasteiger partial charge is 0.269 e. The van der Waals surface area contributed by atoms with Crippen molar-refractivity contribution in [3.8, 4) is 0 Å². The summed E-state index contributed by atoms with van der Waals surface area (Å²) in [6.45, 7) is 0. The number of hydrogen-bond acceptors (Lipinski definition) is 5. The van der Waals surface area contributed by atoms with Crippen molar-refractivity contribution < 1.29 is 9.72 Å². The van der Waals surface area contributed by atoms with Crippen LogP contribution in [-0.2, 0) is 0 Å². The first kappa shape index (κ1) is 19.1. The van der Waals surface area contributed by atoms with E-state index in [0.717, 1.165) is 5.56 Å². The highest BCUT2D eigenvalue weighted by molar-refractivity contribution is 6.34. The molecule has 0 unspecified atom stereocenters. The molecule has 28 heavy (non-hydrogen) atoms. The van der Waals surface area contributed by atoms with Crippen molar-refractivity contribution >= 4 is 40.8 Å². The number of benzene rings is 3. The van der Waals surface area contributed by atoms with Crippen molar-refractivity contribution in [2.24, 2.45) is 5.10 Å². The number of nitrogens with zero attached hydrogens (tertiary/aromatic N) is 2. The summed E-state index contributed by atoms with van der Waals surface area (Å²) in [6, 6.07) is 19.9. The number of halogens is 1. The maximum Gasteiger partial charge on any atom is 0.269 e. The summed E-state index contributed by atoms with van der Waals surface area (Å²) in [7, 11) is 0. The lowest BCUT2D eigenvalue weighted by Crippen LogP contribution is -2.12. The molecule has 8 heteroatoms. The van der Waals surface area contributed by atoms with Gasteiger partial charge in [-0.25, -0.2) is 0 Å². The topological polar surface area (TPSA) is 96.6 Å². The number of anilines is 2. The summed E-state index contributed by atoms with van der Waals surface area (Å²) in [5.74, 6) is -0.302. The van der Waals surface area contributed by atoms with Crippen molar-refractivity contribution in [2.45, 2.75) is 0 Å². The Labute approximate surface area is 165 Å². The molecule has 0 saturated heterocycles. The molecule has 0 spiro atoms. The zero-order valence-corrected chi connectivity index (χ0v) is 15.3. The van der Waals surface area contributed by atoms with E-state index in [4.69, 9.17) is 11.6 Å². The summed E-state index contributed by atoms with van der Waals surface area (Å²) < 4.78 is 0. The van der Waals surface area contributed by atoms with E-state index in [1.165, 1.54) is 12.1 Å². The van der Waals surface area contributed by atoms with Crippen molar-refractivity contribution in [2.75, 3.05) is 10.7 Å². The molecule has 3 rings (SSSR count). The van der Waals surface area contributed by atoms with Gasteiger partial charge in [0.1, 0.15) is 0 Å². The first-order valence-electron chi connectivity index (χ1n) is 8.22. The number of non-ortho nitro benzene ring substituents is 1. The number of hydrogen-bond donors (Lipinski definition) is 2. The van der Waals surface area contributed by atoms with Gasteiger partial charge >= 0.3 is 0 Å². The Kier molecular flexibility index (Phi) is 5.98. The molecule has 0 radical (unpaired) electrons. The van der Waals surface area contributed by atoms with Crippen LogP contribution in [0.5, 0.6) is 0 Å². The summed E-state index contributed by atoms with van der Waals surface area (Å²) in [4.78, 5) is 22.5. The van der Waals surface area contributed by atoms with E-state index in [1.807, 2.05) is 6.07 Å².